The van der Waals surface area contributed by atoms with Gasteiger partial charge in [0.05, 0.1) is 0 Å². The van der Waals surface area contributed by atoms with E-state index in [9.17, 15) is 0 Å². The maximum Gasteiger partial charge on any atom is 0.0303 e. The zero-order valence-electron chi connectivity index (χ0n) is 8.29. The number of nitrogens with two attached hydrogens (primary N) is 1. The molecule has 0 radical (unpaired) electrons. The van der Waals surface area contributed by atoms with Crippen molar-refractivity contribution in [1.29, 1.82) is 0 Å². The highest BCUT2D eigenvalue weighted by atomic mass is 15.8. The summed E-state index contributed by atoms with van der Waals surface area (Å²) >= 11 is 0. The topological polar surface area (TPSA) is 32.5 Å². The molecular weight excluding hydrogens is 150 g/mol. The lowest BCUT2D eigenvalue weighted by Crippen LogP contribution is -2.45. The van der Waals surface area contributed by atoms with Gasteiger partial charge in [-0.15, -0.1) is 0 Å². The maximum atomic E-state index is 5.84. The van der Waals surface area contributed by atoms with E-state index < -0.39 is 0 Å². The lowest BCUT2D eigenvalue weighted by molar-refractivity contribution is -0.00638. The first-order chi connectivity index (χ1) is 5.79. The van der Waals surface area contributed by atoms with Crippen LogP contribution in [0.1, 0.15) is 39.5 Å². The Morgan fingerprint density at radius 2 is 2.08 bits per heavy atom. The van der Waals surface area contributed by atoms with Crippen LogP contribution in [0.25, 0.3) is 0 Å². The molecule has 72 valence electrons. The average molecular weight is 171 g/mol. The summed E-state index contributed by atoms with van der Waals surface area (Å²) in [6.45, 7) is 6.59. The van der Waals surface area contributed by atoms with E-state index in [0.717, 1.165) is 13.1 Å². The van der Waals surface area contributed by atoms with Crippen LogP contribution in [0.15, 0.2) is 0 Å². The number of hydrazine groups is 2. The Morgan fingerprint density at radius 3 is 2.67 bits per heavy atom. The van der Waals surface area contributed by atoms with Gasteiger partial charge in [-0.1, -0.05) is 20.3 Å². The molecule has 1 atom stereocenters. The zero-order chi connectivity index (χ0) is 8.97. The Labute approximate surface area is 75.5 Å². The predicted octanol–water partition coefficient (Wildman–Crippen LogP) is 1.36. The molecule has 2 N–H and O–H groups in total. The van der Waals surface area contributed by atoms with Crippen molar-refractivity contribution in [3.8, 4) is 0 Å². The van der Waals surface area contributed by atoms with Crippen LogP contribution >= 0.6 is 0 Å². The number of nitrogens with zero attached hydrogens (tertiary/aromatic N) is 2. The van der Waals surface area contributed by atoms with Crippen molar-refractivity contribution in [1.82, 2.24) is 10.1 Å². The van der Waals surface area contributed by atoms with Crippen LogP contribution in [0.3, 0.4) is 0 Å². The third kappa shape index (κ3) is 2.19. The second-order valence-corrected chi connectivity index (χ2v) is 3.56. The summed E-state index contributed by atoms with van der Waals surface area (Å²) in [5.74, 6) is 5.84. The summed E-state index contributed by atoms with van der Waals surface area (Å²) in [4.78, 5) is 0. The molecule has 0 amide bonds. The molecule has 0 aromatic heterocycles. The highest BCUT2D eigenvalue weighted by Gasteiger charge is 2.27. The van der Waals surface area contributed by atoms with Gasteiger partial charge in [-0.05, 0) is 19.3 Å². The first-order valence-corrected chi connectivity index (χ1v) is 5.08. The van der Waals surface area contributed by atoms with E-state index in [-0.39, 0.29) is 0 Å². The van der Waals surface area contributed by atoms with Crippen molar-refractivity contribution in [2.24, 2.45) is 5.84 Å². The van der Waals surface area contributed by atoms with Crippen LogP contribution in [-0.4, -0.2) is 29.3 Å². The Balaban J connectivity index is 2.39. The predicted molar refractivity (Wildman–Crippen MR) is 51.2 cm³/mol. The lowest BCUT2D eigenvalue weighted by atomic mass is 10.1. The van der Waals surface area contributed by atoms with Crippen molar-refractivity contribution < 1.29 is 0 Å². The van der Waals surface area contributed by atoms with E-state index in [4.69, 9.17) is 5.84 Å². The van der Waals surface area contributed by atoms with Crippen LogP contribution < -0.4 is 5.84 Å². The molecule has 0 aromatic rings. The lowest BCUT2D eigenvalue weighted by Gasteiger charge is -2.28. The molecule has 0 aromatic carbocycles. The SMILES string of the molecule is CCCC1CCN(N)N1CCC. The first-order valence-electron chi connectivity index (χ1n) is 5.08. The molecular formula is C9H21N3. The van der Waals surface area contributed by atoms with Gasteiger partial charge in [0.2, 0.25) is 0 Å². The molecule has 0 saturated carbocycles. The number of hydrogen-bond donors (Lipinski definition) is 1. The molecule has 3 heteroatoms. The minimum atomic E-state index is 0.708. The Kier molecular flexibility index (Phi) is 3.98. The Bertz CT molecular complexity index is 125. The van der Waals surface area contributed by atoms with Crippen molar-refractivity contribution in [3.63, 3.8) is 0 Å². The van der Waals surface area contributed by atoms with Gasteiger partial charge < -0.3 is 0 Å². The Hall–Kier alpha value is -0.120. The van der Waals surface area contributed by atoms with Gasteiger partial charge in [0.25, 0.3) is 0 Å². The molecule has 0 aliphatic carbocycles. The summed E-state index contributed by atoms with van der Waals surface area (Å²) in [5, 5.41) is 4.22. The van der Waals surface area contributed by atoms with Gasteiger partial charge in [-0.3, -0.25) is 5.84 Å². The zero-order valence-corrected chi connectivity index (χ0v) is 8.29. The summed E-state index contributed by atoms with van der Waals surface area (Å²) < 4.78 is 0. The fourth-order valence-corrected chi connectivity index (χ4v) is 1.94. The minimum Gasteiger partial charge on any atom is -0.255 e. The van der Waals surface area contributed by atoms with Crippen LogP contribution in [0.4, 0.5) is 0 Å². The van der Waals surface area contributed by atoms with Crippen LogP contribution in [0.5, 0.6) is 0 Å². The summed E-state index contributed by atoms with van der Waals surface area (Å²) in [5.41, 5.74) is 0. The number of rotatable bonds is 4. The van der Waals surface area contributed by atoms with Gasteiger partial charge in [-0.2, -0.15) is 5.12 Å². The molecule has 12 heavy (non-hydrogen) atoms. The molecule has 1 saturated heterocycles. The van der Waals surface area contributed by atoms with Gasteiger partial charge in [0.15, 0.2) is 0 Å². The van der Waals surface area contributed by atoms with E-state index in [2.05, 4.69) is 18.9 Å². The average Bonchev–Trinajstić information content (AvgIpc) is 2.37. The molecule has 1 aliphatic heterocycles. The van der Waals surface area contributed by atoms with E-state index in [0.29, 0.717) is 6.04 Å². The molecule has 1 unspecified atom stereocenters. The maximum absolute atomic E-state index is 5.84. The van der Waals surface area contributed by atoms with Crippen molar-refractivity contribution in [2.75, 3.05) is 13.1 Å². The van der Waals surface area contributed by atoms with Crippen molar-refractivity contribution in [2.45, 2.75) is 45.6 Å². The normalized spacial score (nSPS) is 26.8. The van der Waals surface area contributed by atoms with E-state index in [1.54, 1.807) is 0 Å². The molecule has 0 bridgehead atoms. The fourth-order valence-electron chi connectivity index (χ4n) is 1.94. The van der Waals surface area contributed by atoms with Crippen LogP contribution in [0, 0.1) is 0 Å². The summed E-state index contributed by atoms with van der Waals surface area (Å²) in [6, 6.07) is 0.708. The third-order valence-corrected chi connectivity index (χ3v) is 2.52. The largest absolute Gasteiger partial charge is 0.255 e. The molecule has 1 fully saturated rings. The van der Waals surface area contributed by atoms with E-state index in [1.165, 1.54) is 25.7 Å². The quantitative estimate of drug-likeness (QED) is 0.648. The van der Waals surface area contributed by atoms with Gasteiger partial charge >= 0.3 is 0 Å². The second kappa shape index (κ2) is 4.80. The molecule has 3 nitrogen and oxygen atoms in total. The smallest absolute Gasteiger partial charge is 0.0303 e. The molecule has 1 rings (SSSR count). The van der Waals surface area contributed by atoms with Crippen molar-refractivity contribution >= 4 is 0 Å². The first kappa shape index (κ1) is 9.96. The van der Waals surface area contributed by atoms with Crippen LogP contribution in [0.2, 0.25) is 0 Å². The monoisotopic (exact) mass is 171 g/mol. The third-order valence-electron chi connectivity index (χ3n) is 2.52. The minimum absolute atomic E-state index is 0.708. The van der Waals surface area contributed by atoms with Crippen molar-refractivity contribution in [3.05, 3.63) is 0 Å². The van der Waals surface area contributed by atoms with E-state index in [1.807, 2.05) is 5.12 Å². The number of hydrogen-bond acceptors (Lipinski definition) is 3. The highest BCUT2D eigenvalue weighted by Crippen LogP contribution is 2.19. The fraction of sp³-hybridized carbons (Fsp3) is 1.00. The standard InChI is InChI=1S/C9H21N3/c1-3-5-9-6-8-12(10)11(9)7-4-2/h9H,3-8,10H2,1-2H3. The molecule has 1 aliphatic rings. The molecule has 0 spiro atoms. The Morgan fingerprint density at radius 1 is 1.33 bits per heavy atom. The van der Waals surface area contributed by atoms with Gasteiger partial charge in [0.1, 0.15) is 0 Å². The highest BCUT2D eigenvalue weighted by molar-refractivity contribution is 4.75. The van der Waals surface area contributed by atoms with Gasteiger partial charge in [-0.25, -0.2) is 5.01 Å². The molecule has 1 heterocycles. The van der Waals surface area contributed by atoms with Gasteiger partial charge in [0, 0.05) is 19.1 Å². The second-order valence-electron chi connectivity index (χ2n) is 3.56. The van der Waals surface area contributed by atoms with E-state index >= 15 is 0 Å². The summed E-state index contributed by atoms with van der Waals surface area (Å²) in [6.07, 6.45) is 4.98. The summed E-state index contributed by atoms with van der Waals surface area (Å²) in [7, 11) is 0. The van der Waals surface area contributed by atoms with Crippen LogP contribution in [-0.2, 0) is 0 Å².